The zero-order chi connectivity index (χ0) is 23.1. The third kappa shape index (κ3) is 5.48. The first-order chi connectivity index (χ1) is 15.5. The molecule has 3 rings (SSSR count). The molecule has 0 aliphatic rings. The maximum Gasteiger partial charge on any atom is 0.257 e. The molecule has 0 aliphatic carbocycles. The van der Waals surface area contributed by atoms with Crippen LogP contribution in [0.3, 0.4) is 0 Å². The molecule has 168 valence electrons. The summed E-state index contributed by atoms with van der Waals surface area (Å²) in [4.78, 5) is 12.8. The molecule has 2 aromatic carbocycles. The number of ether oxygens (including phenoxy) is 3. The third-order valence-corrected chi connectivity index (χ3v) is 5.57. The summed E-state index contributed by atoms with van der Waals surface area (Å²) >= 11 is 6.83. The fourth-order valence-electron chi connectivity index (χ4n) is 2.80. The molecule has 1 amide bonds. The standard InChI is InChI=1S/C21H23N5O4S2/c1-13-23-24-21(32-12-14-8-6-5-7-9-14)26(13)25-20(31)22-19(27)15-10-16(28-2)18(30-4)17(11-15)29-3/h5-11H,12H2,1-4H3,(H2,22,25,27,31). The number of aryl methyl sites for hydroxylation is 1. The topological polar surface area (TPSA) is 99.5 Å². The number of carbonyl (C=O) groups excluding carboxylic acids is 1. The predicted octanol–water partition coefficient (Wildman–Crippen LogP) is 3.16. The zero-order valence-electron chi connectivity index (χ0n) is 18.0. The monoisotopic (exact) mass is 473 g/mol. The van der Waals surface area contributed by atoms with Crippen molar-refractivity contribution >= 4 is 35.0 Å². The van der Waals surface area contributed by atoms with Crippen LogP contribution >= 0.6 is 24.0 Å². The molecule has 32 heavy (non-hydrogen) atoms. The summed E-state index contributed by atoms with van der Waals surface area (Å²) in [5, 5.41) is 11.6. The van der Waals surface area contributed by atoms with Crippen LogP contribution in [0.15, 0.2) is 47.6 Å². The Morgan fingerprint density at radius 3 is 2.31 bits per heavy atom. The molecule has 3 aromatic rings. The molecule has 1 aromatic heterocycles. The maximum absolute atomic E-state index is 12.8. The second-order valence-corrected chi connectivity index (χ2v) is 7.80. The minimum Gasteiger partial charge on any atom is -0.493 e. The second kappa shape index (κ2) is 10.8. The van der Waals surface area contributed by atoms with Gasteiger partial charge in [0.15, 0.2) is 16.6 Å². The molecular weight excluding hydrogens is 450 g/mol. The molecule has 0 atom stereocenters. The lowest BCUT2D eigenvalue weighted by Gasteiger charge is -2.15. The first-order valence-corrected chi connectivity index (χ1v) is 10.9. The van der Waals surface area contributed by atoms with Crippen molar-refractivity contribution in [2.75, 3.05) is 26.8 Å². The Morgan fingerprint density at radius 1 is 1.06 bits per heavy atom. The highest BCUT2D eigenvalue weighted by atomic mass is 32.2. The van der Waals surface area contributed by atoms with Gasteiger partial charge < -0.3 is 14.2 Å². The number of thiocarbonyl (C=S) groups is 1. The van der Waals surface area contributed by atoms with Gasteiger partial charge in [-0.25, -0.2) is 4.68 Å². The summed E-state index contributed by atoms with van der Waals surface area (Å²) in [7, 11) is 4.46. The highest BCUT2D eigenvalue weighted by Crippen LogP contribution is 2.38. The van der Waals surface area contributed by atoms with E-state index in [-0.39, 0.29) is 5.11 Å². The van der Waals surface area contributed by atoms with Crippen molar-refractivity contribution in [2.24, 2.45) is 0 Å². The summed E-state index contributed by atoms with van der Waals surface area (Å²) < 4.78 is 17.5. The molecule has 0 unspecified atom stereocenters. The second-order valence-electron chi connectivity index (χ2n) is 6.45. The lowest BCUT2D eigenvalue weighted by molar-refractivity contribution is 0.0976. The van der Waals surface area contributed by atoms with Gasteiger partial charge in [-0.2, -0.15) is 0 Å². The molecule has 0 radical (unpaired) electrons. The molecule has 0 bridgehead atoms. The summed E-state index contributed by atoms with van der Waals surface area (Å²) in [5.74, 6) is 2.00. The van der Waals surface area contributed by atoms with Crippen LogP contribution in [0.1, 0.15) is 21.7 Å². The number of benzene rings is 2. The number of methoxy groups -OCH3 is 3. The average molecular weight is 474 g/mol. The molecule has 1 heterocycles. The van der Waals surface area contributed by atoms with Gasteiger partial charge in [-0.05, 0) is 36.8 Å². The SMILES string of the molecule is COc1cc(C(=O)NC(=S)Nn2c(C)nnc2SCc2ccccc2)cc(OC)c1OC. The number of nitrogens with one attached hydrogen (secondary N) is 2. The molecule has 0 saturated heterocycles. The number of aromatic nitrogens is 3. The number of hydrogen-bond donors (Lipinski definition) is 2. The largest absolute Gasteiger partial charge is 0.493 e. The van der Waals surface area contributed by atoms with Crippen LogP contribution in [0.25, 0.3) is 0 Å². The van der Waals surface area contributed by atoms with E-state index in [2.05, 4.69) is 20.9 Å². The Morgan fingerprint density at radius 2 is 1.72 bits per heavy atom. The highest BCUT2D eigenvalue weighted by molar-refractivity contribution is 7.98. The van der Waals surface area contributed by atoms with E-state index in [0.29, 0.717) is 39.5 Å². The summed E-state index contributed by atoms with van der Waals surface area (Å²) in [6, 6.07) is 13.1. The van der Waals surface area contributed by atoms with Gasteiger partial charge in [0, 0.05) is 11.3 Å². The molecule has 0 saturated carbocycles. The van der Waals surface area contributed by atoms with Gasteiger partial charge in [0.25, 0.3) is 5.91 Å². The van der Waals surface area contributed by atoms with Crippen LogP contribution in [0.5, 0.6) is 17.2 Å². The normalized spacial score (nSPS) is 10.4. The molecule has 9 nitrogen and oxygen atoms in total. The molecule has 2 N–H and O–H groups in total. The van der Waals surface area contributed by atoms with E-state index in [9.17, 15) is 4.79 Å². The summed E-state index contributed by atoms with van der Waals surface area (Å²) in [6.45, 7) is 1.79. The Hall–Kier alpha value is -3.31. The predicted molar refractivity (Wildman–Crippen MR) is 126 cm³/mol. The molecular formula is C21H23N5O4S2. The lowest BCUT2D eigenvalue weighted by Crippen LogP contribution is -2.38. The van der Waals surface area contributed by atoms with E-state index in [1.165, 1.54) is 33.1 Å². The van der Waals surface area contributed by atoms with E-state index in [4.69, 9.17) is 26.4 Å². The van der Waals surface area contributed by atoms with Crippen molar-refractivity contribution in [3.63, 3.8) is 0 Å². The maximum atomic E-state index is 12.8. The smallest absolute Gasteiger partial charge is 0.257 e. The van der Waals surface area contributed by atoms with Gasteiger partial charge in [-0.3, -0.25) is 15.5 Å². The molecule has 0 fully saturated rings. The van der Waals surface area contributed by atoms with Crippen molar-refractivity contribution in [3.05, 3.63) is 59.4 Å². The average Bonchev–Trinajstić information content (AvgIpc) is 3.16. The fraction of sp³-hybridized carbons (Fsp3) is 0.238. The van der Waals surface area contributed by atoms with Crippen molar-refractivity contribution in [1.82, 2.24) is 20.2 Å². The minimum atomic E-state index is -0.439. The molecule has 11 heteroatoms. The lowest BCUT2D eigenvalue weighted by atomic mass is 10.1. The van der Waals surface area contributed by atoms with E-state index in [0.717, 1.165) is 5.56 Å². The molecule has 0 aliphatic heterocycles. The number of rotatable bonds is 8. The Labute approximate surface area is 195 Å². The van der Waals surface area contributed by atoms with Crippen LogP contribution < -0.4 is 25.0 Å². The number of carbonyl (C=O) groups is 1. The zero-order valence-corrected chi connectivity index (χ0v) is 19.7. The minimum absolute atomic E-state index is 0.0909. The van der Waals surface area contributed by atoms with E-state index >= 15 is 0 Å². The fourth-order valence-corrected chi connectivity index (χ4v) is 3.88. The van der Waals surface area contributed by atoms with Crippen LogP contribution in [-0.2, 0) is 5.75 Å². The summed E-state index contributed by atoms with van der Waals surface area (Å²) in [5.41, 5.74) is 4.41. The van der Waals surface area contributed by atoms with Gasteiger partial charge in [-0.1, -0.05) is 42.1 Å². The first-order valence-electron chi connectivity index (χ1n) is 9.48. The highest BCUT2D eigenvalue weighted by Gasteiger charge is 2.18. The van der Waals surface area contributed by atoms with Gasteiger partial charge in [-0.15, -0.1) is 10.2 Å². The van der Waals surface area contributed by atoms with Crippen LogP contribution in [0.2, 0.25) is 0 Å². The van der Waals surface area contributed by atoms with E-state index in [1.54, 1.807) is 23.7 Å². The van der Waals surface area contributed by atoms with Gasteiger partial charge in [0.05, 0.1) is 21.3 Å². The van der Waals surface area contributed by atoms with Gasteiger partial charge >= 0.3 is 0 Å². The Bertz CT molecular complexity index is 1080. The Balaban J connectivity index is 1.70. The first kappa shape index (κ1) is 23.4. The van der Waals surface area contributed by atoms with E-state index < -0.39 is 5.91 Å². The molecule has 0 spiro atoms. The third-order valence-electron chi connectivity index (χ3n) is 4.37. The van der Waals surface area contributed by atoms with Crippen LogP contribution in [0.4, 0.5) is 0 Å². The van der Waals surface area contributed by atoms with E-state index in [1.807, 2.05) is 30.3 Å². The number of hydrogen-bond acceptors (Lipinski definition) is 8. The van der Waals surface area contributed by atoms with Crippen LogP contribution in [0, 0.1) is 6.92 Å². The Kier molecular flexibility index (Phi) is 7.90. The van der Waals surface area contributed by atoms with Gasteiger partial charge in [0.2, 0.25) is 10.9 Å². The number of nitrogens with zero attached hydrogens (tertiary/aromatic N) is 3. The van der Waals surface area contributed by atoms with Crippen molar-refractivity contribution in [3.8, 4) is 17.2 Å². The van der Waals surface area contributed by atoms with Crippen molar-refractivity contribution in [1.29, 1.82) is 0 Å². The number of thioether (sulfide) groups is 1. The quantitative estimate of drug-likeness (QED) is 0.377. The van der Waals surface area contributed by atoms with Gasteiger partial charge in [0.1, 0.15) is 5.82 Å². The van der Waals surface area contributed by atoms with Crippen molar-refractivity contribution < 1.29 is 19.0 Å². The number of amides is 1. The summed E-state index contributed by atoms with van der Waals surface area (Å²) in [6.07, 6.45) is 0. The van der Waals surface area contributed by atoms with Crippen LogP contribution in [-0.4, -0.2) is 47.2 Å². The van der Waals surface area contributed by atoms with Crippen molar-refractivity contribution in [2.45, 2.75) is 17.8 Å².